The second-order valence-corrected chi connectivity index (χ2v) is 10.3. The molecule has 0 aromatic heterocycles. The normalized spacial score (nSPS) is 36.5. The van der Waals surface area contributed by atoms with Crippen LogP contribution < -0.4 is 5.32 Å². The minimum atomic E-state index is -0.424. The van der Waals surface area contributed by atoms with Gasteiger partial charge in [0.05, 0.1) is 0 Å². The van der Waals surface area contributed by atoms with Gasteiger partial charge in [-0.2, -0.15) is 0 Å². The van der Waals surface area contributed by atoms with Crippen LogP contribution in [0.25, 0.3) is 0 Å². The van der Waals surface area contributed by atoms with Crippen molar-refractivity contribution in [3.05, 3.63) is 12.2 Å². The quantitative estimate of drug-likeness (QED) is 0.523. The van der Waals surface area contributed by atoms with Crippen molar-refractivity contribution in [2.75, 3.05) is 0 Å². The van der Waals surface area contributed by atoms with Gasteiger partial charge in [-0.3, -0.25) is 0 Å². The minimum absolute atomic E-state index is 0.233. The summed E-state index contributed by atoms with van der Waals surface area (Å²) in [6.45, 7) is 5.82. The Kier molecular flexibility index (Phi) is 7.28. The Morgan fingerprint density at radius 2 is 1.67 bits per heavy atom. The molecule has 1 N–H and O–H groups in total. The predicted molar refractivity (Wildman–Crippen MR) is 112 cm³/mol. The molecule has 0 aliphatic heterocycles. The highest BCUT2D eigenvalue weighted by molar-refractivity contribution is 5.68. The Morgan fingerprint density at radius 3 is 2.48 bits per heavy atom. The standard InChI is InChI=1S/C24H41NO2/c1-24(2,3)27-23(26)25-22-13-8-6-4-5-7-10-19-16-21(19)15-14-18-11-9-12-20(18)17-22/h7,10,18-22H,4-6,8-9,11-17H2,1-3H3,(H,25,26)/b10-7-. The maximum absolute atomic E-state index is 12.3. The minimum Gasteiger partial charge on any atom is -0.444 e. The topological polar surface area (TPSA) is 38.3 Å². The van der Waals surface area contributed by atoms with E-state index in [9.17, 15) is 4.79 Å². The highest BCUT2D eigenvalue weighted by Crippen LogP contribution is 2.46. The number of amides is 1. The van der Waals surface area contributed by atoms with Crippen molar-refractivity contribution in [2.45, 2.75) is 109 Å². The first-order chi connectivity index (χ1) is 12.9. The van der Waals surface area contributed by atoms with E-state index in [0.29, 0.717) is 0 Å². The maximum atomic E-state index is 12.3. The predicted octanol–water partition coefficient (Wildman–Crippen LogP) is 6.62. The lowest BCUT2D eigenvalue weighted by molar-refractivity contribution is 0.0491. The van der Waals surface area contributed by atoms with Crippen LogP contribution in [0.1, 0.15) is 97.8 Å². The van der Waals surface area contributed by atoms with E-state index in [1.54, 1.807) is 0 Å². The molecule has 3 heteroatoms. The van der Waals surface area contributed by atoms with Gasteiger partial charge < -0.3 is 10.1 Å². The van der Waals surface area contributed by atoms with Crippen molar-refractivity contribution in [1.29, 1.82) is 0 Å². The van der Waals surface area contributed by atoms with E-state index in [4.69, 9.17) is 4.74 Å². The maximum Gasteiger partial charge on any atom is 0.407 e. The Balaban J connectivity index is 1.58. The SMILES string of the molecule is CC(C)(C)OC(=O)NC1CCCCC/C=C\C2CC2CCC2CCCC2C1. The van der Waals surface area contributed by atoms with Gasteiger partial charge >= 0.3 is 6.09 Å². The molecule has 0 bridgehead atoms. The summed E-state index contributed by atoms with van der Waals surface area (Å²) in [6.07, 6.45) is 20.3. The molecular weight excluding hydrogens is 334 g/mol. The summed E-state index contributed by atoms with van der Waals surface area (Å²) in [5, 5.41) is 3.22. The van der Waals surface area contributed by atoms with Crippen molar-refractivity contribution in [2.24, 2.45) is 23.7 Å². The number of ether oxygens (including phenoxy) is 1. The molecule has 27 heavy (non-hydrogen) atoms. The van der Waals surface area contributed by atoms with Crippen LogP contribution in [0.4, 0.5) is 4.79 Å². The van der Waals surface area contributed by atoms with E-state index in [1.165, 1.54) is 64.2 Å². The highest BCUT2D eigenvalue weighted by atomic mass is 16.6. The molecule has 3 aliphatic carbocycles. The summed E-state index contributed by atoms with van der Waals surface area (Å²) in [5.74, 6) is 3.52. The molecule has 1 amide bonds. The van der Waals surface area contributed by atoms with Gasteiger partial charge in [0.1, 0.15) is 5.60 Å². The van der Waals surface area contributed by atoms with Gasteiger partial charge in [-0.15, -0.1) is 0 Å². The van der Waals surface area contributed by atoms with Crippen LogP contribution >= 0.6 is 0 Å². The molecule has 3 rings (SSSR count). The zero-order chi connectivity index (χ0) is 19.3. The first kappa shape index (κ1) is 20.7. The fraction of sp³-hybridized carbons (Fsp3) is 0.875. The van der Waals surface area contributed by atoms with Gasteiger partial charge in [0, 0.05) is 6.04 Å². The number of hydrogen-bond donors (Lipinski definition) is 1. The molecule has 0 aromatic rings. The Morgan fingerprint density at radius 1 is 0.889 bits per heavy atom. The lowest BCUT2D eigenvalue weighted by Gasteiger charge is -2.28. The second-order valence-electron chi connectivity index (χ2n) is 10.3. The molecule has 154 valence electrons. The van der Waals surface area contributed by atoms with Gasteiger partial charge in [-0.25, -0.2) is 4.79 Å². The lowest BCUT2D eigenvalue weighted by atomic mass is 9.85. The third-order valence-electron chi connectivity index (χ3n) is 6.82. The second kappa shape index (κ2) is 9.47. The van der Waals surface area contributed by atoms with Crippen LogP contribution in [0.2, 0.25) is 0 Å². The molecule has 0 aromatic carbocycles. The number of carbonyl (C=O) groups is 1. The van der Waals surface area contributed by atoms with Gasteiger partial charge in [0.15, 0.2) is 0 Å². The van der Waals surface area contributed by atoms with Crippen molar-refractivity contribution in [3.63, 3.8) is 0 Å². The Labute approximate surface area is 166 Å². The van der Waals surface area contributed by atoms with E-state index < -0.39 is 5.60 Å². The summed E-state index contributed by atoms with van der Waals surface area (Å²) in [4.78, 5) is 12.3. The van der Waals surface area contributed by atoms with Crippen LogP contribution in [0.3, 0.4) is 0 Å². The monoisotopic (exact) mass is 375 g/mol. The summed E-state index contributed by atoms with van der Waals surface area (Å²) in [6, 6.07) is 0.278. The summed E-state index contributed by atoms with van der Waals surface area (Å²) in [7, 11) is 0. The summed E-state index contributed by atoms with van der Waals surface area (Å²) >= 11 is 0. The summed E-state index contributed by atoms with van der Waals surface area (Å²) < 4.78 is 5.54. The lowest BCUT2D eigenvalue weighted by Crippen LogP contribution is -2.40. The fourth-order valence-corrected chi connectivity index (χ4v) is 5.26. The zero-order valence-corrected chi connectivity index (χ0v) is 17.8. The number of alkyl carbamates (subject to hydrolysis) is 1. The van der Waals surface area contributed by atoms with Crippen LogP contribution in [-0.4, -0.2) is 17.7 Å². The molecule has 0 radical (unpaired) electrons. The number of allylic oxidation sites excluding steroid dienone is 2. The number of rotatable bonds is 1. The molecule has 2 fully saturated rings. The fourth-order valence-electron chi connectivity index (χ4n) is 5.26. The average Bonchev–Trinajstić information content (AvgIpc) is 3.17. The van der Waals surface area contributed by atoms with Crippen LogP contribution in [-0.2, 0) is 4.74 Å². The van der Waals surface area contributed by atoms with Gasteiger partial charge in [-0.05, 0) is 89.4 Å². The highest BCUT2D eigenvalue weighted by Gasteiger charge is 2.37. The zero-order valence-electron chi connectivity index (χ0n) is 17.8. The number of fused-ring (bicyclic) bond motifs is 2. The molecule has 0 spiro atoms. The Hall–Kier alpha value is -0.990. The van der Waals surface area contributed by atoms with E-state index in [2.05, 4.69) is 17.5 Å². The van der Waals surface area contributed by atoms with Crippen LogP contribution in [0.15, 0.2) is 12.2 Å². The van der Waals surface area contributed by atoms with Crippen molar-refractivity contribution < 1.29 is 9.53 Å². The van der Waals surface area contributed by atoms with Gasteiger partial charge in [0.2, 0.25) is 0 Å². The van der Waals surface area contributed by atoms with E-state index >= 15 is 0 Å². The van der Waals surface area contributed by atoms with Crippen molar-refractivity contribution in [3.8, 4) is 0 Å². The largest absolute Gasteiger partial charge is 0.444 e. The molecule has 3 aliphatic rings. The molecule has 5 atom stereocenters. The molecule has 5 unspecified atom stereocenters. The van der Waals surface area contributed by atoms with E-state index in [0.717, 1.165) is 36.5 Å². The molecule has 0 saturated heterocycles. The smallest absolute Gasteiger partial charge is 0.407 e. The number of carbonyl (C=O) groups excluding carboxylic acids is 1. The molecule has 0 heterocycles. The summed E-state index contributed by atoms with van der Waals surface area (Å²) in [5.41, 5.74) is -0.424. The average molecular weight is 376 g/mol. The third kappa shape index (κ3) is 7.16. The van der Waals surface area contributed by atoms with E-state index in [-0.39, 0.29) is 12.1 Å². The molecule has 3 nitrogen and oxygen atoms in total. The third-order valence-corrected chi connectivity index (χ3v) is 6.82. The number of nitrogens with one attached hydrogen (secondary N) is 1. The Bertz CT molecular complexity index is 507. The van der Waals surface area contributed by atoms with Gasteiger partial charge in [0.25, 0.3) is 0 Å². The van der Waals surface area contributed by atoms with Gasteiger partial charge in [-0.1, -0.05) is 44.3 Å². The van der Waals surface area contributed by atoms with Crippen molar-refractivity contribution in [1.82, 2.24) is 5.32 Å². The van der Waals surface area contributed by atoms with Crippen LogP contribution in [0.5, 0.6) is 0 Å². The van der Waals surface area contributed by atoms with E-state index in [1.807, 2.05) is 20.8 Å². The first-order valence-electron chi connectivity index (χ1n) is 11.6. The van der Waals surface area contributed by atoms with Crippen molar-refractivity contribution >= 4 is 6.09 Å². The molecule has 2 saturated carbocycles. The molecular formula is C24H41NO2. The first-order valence-corrected chi connectivity index (χ1v) is 11.6. The number of hydrogen-bond acceptors (Lipinski definition) is 2. The van der Waals surface area contributed by atoms with Crippen LogP contribution in [0, 0.1) is 23.7 Å².